The number of nitrogens with zero attached hydrogens (tertiary/aromatic N) is 4. The van der Waals surface area contributed by atoms with Crippen LogP contribution in [0.15, 0.2) is 53.1 Å². The van der Waals surface area contributed by atoms with Crippen LogP contribution in [0, 0.1) is 0 Å². The summed E-state index contributed by atoms with van der Waals surface area (Å²) in [7, 11) is 3.78. The molecule has 2 aliphatic heterocycles. The van der Waals surface area contributed by atoms with E-state index in [1.54, 1.807) is 7.11 Å². The van der Waals surface area contributed by atoms with Gasteiger partial charge in [-0.05, 0) is 42.3 Å². The summed E-state index contributed by atoms with van der Waals surface area (Å²) in [5, 5.41) is 1.12. The van der Waals surface area contributed by atoms with E-state index in [0.717, 1.165) is 46.3 Å². The minimum Gasteiger partial charge on any atom is -0.497 e. The fraction of sp³-hybridized carbons (Fsp3) is 0.333. The van der Waals surface area contributed by atoms with Crippen LogP contribution in [0.3, 0.4) is 0 Å². The summed E-state index contributed by atoms with van der Waals surface area (Å²) in [5.41, 5.74) is 4.42. The number of benzene rings is 2. The van der Waals surface area contributed by atoms with Crippen LogP contribution in [0.2, 0.25) is 0 Å². The standard InChI is InChI=1S/C24H25BrN4O2/c1-27-21-13-26-20-12-17(25)7-10-19(20)24(21)29(14-16-5-8-18(31-2)9-6-16)22(27)15-28-11-3-4-23(28)30/h5-10,12-13,22H,3-4,11,14-15H2,1-2H3. The van der Waals surface area contributed by atoms with Gasteiger partial charge in [0, 0.05) is 36.4 Å². The molecule has 3 heterocycles. The highest BCUT2D eigenvalue weighted by atomic mass is 79.9. The third-order valence-electron chi connectivity index (χ3n) is 6.32. The zero-order valence-electron chi connectivity index (χ0n) is 17.7. The molecule has 1 aromatic heterocycles. The van der Waals surface area contributed by atoms with Gasteiger partial charge in [0.15, 0.2) is 0 Å². The van der Waals surface area contributed by atoms with E-state index in [4.69, 9.17) is 9.72 Å². The van der Waals surface area contributed by atoms with E-state index in [1.807, 2.05) is 23.2 Å². The first kappa shape index (κ1) is 20.1. The lowest BCUT2D eigenvalue weighted by atomic mass is 10.1. The van der Waals surface area contributed by atoms with Crippen LogP contribution in [0.4, 0.5) is 11.4 Å². The highest BCUT2D eigenvalue weighted by molar-refractivity contribution is 9.10. The number of amides is 1. The predicted octanol–water partition coefficient (Wildman–Crippen LogP) is 4.41. The molecule has 1 unspecified atom stereocenters. The van der Waals surface area contributed by atoms with Gasteiger partial charge in [-0.2, -0.15) is 0 Å². The Balaban J connectivity index is 1.57. The number of carbonyl (C=O) groups is 1. The van der Waals surface area contributed by atoms with E-state index < -0.39 is 0 Å². The Morgan fingerprint density at radius 1 is 1.19 bits per heavy atom. The van der Waals surface area contributed by atoms with Crippen molar-refractivity contribution in [2.75, 3.05) is 37.0 Å². The number of methoxy groups -OCH3 is 1. The lowest BCUT2D eigenvalue weighted by Crippen LogP contribution is -2.49. The van der Waals surface area contributed by atoms with Crippen molar-refractivity contribution in [3.63, 3.8) is 0 Å². The lowest BCUT2D eigenvalue weighted by molar-refractivity contribution is -0.127. The van der Waals surface area contributed by atoms with Gasteiger partial charge in [-0.15, -0.1) is 0 Å². The maximum absolute atomic E-state index is 12.4. The van der Waals surface area contributed by atoms with E-state index >= 15 is 0 Å². The number of fused-ring (bicyclic) bond motifs is 3. The number of anilines is 2. The van der Waals surface area contributed by atoms with E-state index in [2.05, 4.69) is 63.1 Å². The first-order valence-corrected chi connectivity index (χ1v) is 11.3. The monoisotopic (exact) mass is 480 g/mol. The summed E-state index contributed by atoms with van der Waals surface area (Å²) < 4.78 is 6.34. The smallest absolute Gasteiger partial charge is 0.222 e. The summed E-state index contributed by atoms with van der Waals surface area (Å²) in [4.78, 5) is 23.8. The zero-order chi connectivity index (χ0) is 21.5. The molecule has 160 valence electrons. The number of rotatable bonds is 5. The van der Waals surface area contributed by atoms with Crippen molar-refractivity contribution in [1.29, 1.82) is 0 Å². The number of likely N-dealkylation sites (N-methyl/N-ethyl adjacent to an activating group) is 1. The molecule has 7 heteroatoms. The van der Waals surface area contributed by atoms with Gasteiger partial charge in [-0.25, -0.2) is 0 Å². The average molecular weight is 481 g/mol. The third kappa shape index (κ3) is 3.61. The van der Waals surface area contributed by atoms with Gasteiger partial charge >= 0.3 is 0 Å². The van der Waals surface area contributed by atoms with E-state index in [1.165, 1.54) is 11.3 Å². The van der Waals surface area contributed by atoms with Crippen LogP contribution in [0.5, 0.6) is 5.75 Å². The molecule has 0 aliphatic carbocycles. The van der Waals surface area contributed by atoms with Gasteiger partial charge < -0.3 is 19.4 Å². The van der Waals surface area contributed by atoms with Gasteiger partial charge in [-0.3, -0.25) is 9.78 Å². The maximum atomic E-state index is 12.4. The van der Waals surface area contributed by atoms with Gasteiger partial charge in [0.25, 0.3) is 0 Å². The fourth-order valence-electron chi connectivity index (χ4n) is 4.65. The predicted molar refractivity (Wildman–Crippen MR) is 127 cm³/mol. The fourth-order valence-corrected chi connectivity index (χ4v) is 5.00. The normalized spacial score (nSPS) is 18.2. The van der Waals surface area contributed by atoms with Crippen LogP contribution < -0.4 is 14.5 Å². The van der Waals surface area contributed by atoms with Crippen molar-refractivity contribution < 1.29 is 9.53 Å². The average Bonchev–Trinajstić information content (AvgIpc) is 3.30. The van der Waals surface area contributed by atoms with Crippen molar-refractivity contribution in [1.82, 2.24) is 9.88 Å². The number of hydrogen-bond donors (Lipinski definition) is 0. The maximum Gasteiger partial charge on any atom is 0.222 e. The second kappa shape index (κ2) is 8.04. The minimum atomic E-state index is 0.0511. The molecule has 5 rings (SSSR count). The number of hydrogen-bond acceptors (Lipinski definition) is 5. The molecule has 2 aromatic carbocycles. The highest BCUT2D eigenvalue weighted by Crippen LogP contribution is 2.44. The number of carbonyl (C=O) groups excluding carboxylic acids is 1. The molecule has 31 heavy (non-hydrogen) atoms. The molecule has 0 N–H and O–H groups in total. The van der Waals surface area contributed by atoms with E-state index in [-0.39, 0.29) is 12.1 Å². The molecule has 1 saturated heterocycles. The van der Waals surface area contributed by atoms with Crippen molar-refractivity contribution in [3.8, 4) is 5.75 Å². The molecule has 3 aromatic rings. The molecular formula is C24H25BrN4O2. The summed E-state index contributed by atoms with van der Waals surface area (Å²) >= 11 is 3.56. The topological polar surface area (TPSA) is 48.9 Å². The van der Waals surface area contributed by atoms with Crippen molar-refractivity contribution >= 4 is 44.1 Å². The minimum absolute atomic E-state index is 0.0511. The summed E-state index contributed by atoms with van der Waals surface area (Å²) in [5.74, 6) is 1.10. The molecule has 0 radical (unpaired) electrons. The molecular weight excluding hydrogens is 456 g/mol. The number of halogens is 1. The second-order valence-corrected chi connectivity index (χ2v) is 9.08. The van der Waals surface area contributed by atoms with Gasteiger partial charge in [0.1, 0.15) is 11.9 Å². The molecule has 0 spiro atoms. The van der Waals surface area contributed by atoms with Gasteiger partial charge in [0.2, 0.25) is 5.91 Å². The number of pyridine rings is 1. The van der Waals surface area contributed by atoms with Crippen LogP contribution in [-0.4, -0.2) is 49.2 Å². The van der Waals surface area contributed by atoms with E-state index in [9.17, 15) is 4.79 Å². The molecule has 1 fully saturated rings. The molecule has 1 atom stereocenters. The largest absolute Gasteiger partial charge is 0.497 e. The van der Waals surface area contributed by atoms with Crippen LogP contribution in [0.25, 0.3) is 10.9 Å². The summed E-state index contributed by atoms with van der Waals surface area (Å²) in [6.07, 6.45) is 3.60. The molecule has 1 amide bonds. The first-order valence-electron chi connectivity index (χ1n) is 10.5. The molecule has 0 saturated carbocycles. The Hall–Kier alpha value is -2.80. The Morgan fingerprint density at radius 2 is 2.00 bits per heavy atom. The zero-order valence-corrected chi connectivity index (χ0v) is 19.3. The van der Waals surface area contributed by atoms with Gasteiger partial charge in [0.05, 0.1) is 36.7 Å². The highest BCUT2D eigenvalue weighted by Gasteiger charge is 2.38. The summed E-state index contributed by atoms with van der Waals surface area (Å²) in [6.45, 7) is 2.25. The van der Waals surface area contributed by atoms with Crippen LogP contribution >= 0.6 is 15.9 Å². The quantitative estimate of drug-likeness (QED) is 0.541. The Kier molecular flexibility index (Phi) is 5.22. The van der Waals surface area contributed by atoms with Crippen LogP contribution in [-0.2, 0) is 11.3 Å². The Morgan fingerprint density at radius 3 is 2.71 bits per heavy atom. The number of ether oxygens (including phenoxy) is 1. The molecule has 2 aliphatic rings. The Bertz CT molecular complexity index is 1130. The molecule has 0 bridgehead atoms. The van der Waals surface area contributed by atoms with Crippen molar-refractivity contribution in [2.45, 2.75) is 25.6 Å². The van der Waals surface area contributed by atoms with Crippen molar-refractivity contribution in [3.05, 3.63) is 58.7 Å². The van der Waals surface area contributed by atoms with Crippen molar-refractivity contribution in [2.24, 2.45) is 0 Å². The second-order valence-electron chi connectivity index (χ2n) is 8.16. The third-order valence-corrected chi connectivity index (χ3v) is 6.82. The summed E-state index contributed by atoms with van der Waals surface area (Å²) in [6, 6.07) is 14.5. The number of aromatic nitrogens is 1. The van der Waals surface area contributed by atoms with E-state index in [0.29, 0.717) is 13.0 Å². The lowest BCUT2D eigenvalue weighted by Gasteiger charge is -2.34. The van der Waals surface area contributed by atoms with Crippen LogP contribution in [0.1, 0.15) is 18.4 Å². The van der Waals surface area contributed by atoms with Gasteiger partial charge in [-0.1, -0.05) is 28.1 Å². The number of likely N-dealkylation sites (tertiary alicyclic amines) is 1. The first-order chi connectivity index (χ1) is 15.0. The SMILES string of the molecule is COc1ccc(CN2c3c(cnc4cc(Br)ccc34)N(C)C2CN2CCCC2=O)cc1. The Labute approximate surface area is 190 Å². The molecule has 6 nitrogen and oxygen atoms in total.